The van der Waals surface area contributed by atoms with Gasteiger partial charge in [0.2, 0.25) is 5.78 Å². The first kappa shape index (κ1) is 20.0. The van der Waals surface area contributed by atoms with Crippen molar-refractivity contribution in [1.29, 1.82) is 0 Å². The molecule has 2 rings (SSSR count). The van der Waals surface area contributed by atoms with Crippen molar-refractivity contribution in [2.75, 3.05) is 27.4 Å². The standard InChI is InChI=1S/C20H20O7/c1-13(21)14-4-6-15(7-5-14)26-12-20(23)27-11-18(22)17-9-8-16(24-2)10-19(17)25-3/h4-10H,11-12H2,1-3H3. The maximum absolute atomic E-state index is 12.2. The van der Waals surface area contributed by atoms with Gasteiger partial charge < -0.3 is 18.9 Å². The first-order valence-electron chi connectivity index (χ1n) is 8.09. The van der Waals surface area contributed by atoms with Gasteiger partial charge in [0, 0.05) is 11.6 Å². The maximum Gasteiger partial charge on any atom is 0.344 e. The van der Waals surface area contributed by atoms with Gasteiger partial charge in [-0.3, -0.25) is 9.59 Å². The lowest BCUT2D eigenvalue weighted by atomic mass is 10.1. The molecule has 0 unspecified atom stereocenters. The molecule has 2 aromatic carbocycles. The molecular formula is C20H20O7. The minimum Gasteiger partial charge on any atom is -0.497 e. The molecular weight excluding hydrogens is 352 g/mol. The van der Waals surface area contributed by atoms with E-state index >= 15 is 0 Å². The summed E-state index contributed by atoms with van der Waals surface area (Å²) in [7, 11) is 2.94. The van der Waals surface area contributed by atoms with Crippen molar-refractivity contribution >= 4 is 17.5 Å². The molecule has 0 aliphatic carbocycles. The normalized spacial score (nSPS) is 10.0. The molecule has 0 fully saturated rings. The van der Waals surface area contributed by atoms with Crippen LogP contribution in [0, 0.1) is 0 Å². The molecule has 7 nitrogen and oxygen atoms in total. The van der Waals surface area contributed by atoms with E-state index in [0.717, 1.165) is 0 Å². The van der Waals surface area contributed by atoms with Crippen LogP contribution in [0.15, 0.2) is 42.5 Å². The lowest BCUT2D eigenvalue weighted by Gasteiger charge is -2.10. The Labute approximate surface area is 156 Å². The van der Waals surface area contributed by atoms with Gasteiger partial charge in [-0.25, -0.2) is 4.79 Å². The first-order valence-corrected chi connectivity index (χ1v) is 8.09. The number of ether oxygens (including phenoxy) is 4. The second-order valence-electron chi connectivity index (χ2n) is 5.52. The van der Waals surface area contributed by atoms with Crippen LogP contribution in [-0.2, 0) is 9.53 Å². The molecule has 27 heavy (non-hydrogen) atoms. The van der Waals surface area contributed by atoms with Gasteiger partial charge in [0.1, 0.15) is 17.2 Å². The second-order valence-corrected chi connectivity index (χ2v) is 5.52. The van der Waals surface area contributed by atoms with E-state index in [1.54, 1.807) is 42.5 Å². The van der Waals surface area contributed by atoms with Gasteiger partial charge in [-0.15, -0.1) is 0 Å². The van der Waals surface area contributed by atoms with E-state index in [1.807, 2.05) is 0 Å². The number of carbonyl (C=O) groups excluding carboxylic acids is 3. The summed E-state index contributed by atoms with van der Waals surface area (Å²) in [5.41, 5.74) is 0.829. The smallest absolute Gasteiger partial charge is 0.344 e. The summed E-state index contributed by atoms with van der Waals surface area (Å²) in [6.07, 6.45) is 0. The number of methoxy groups -OCH3 is 2. The minimum absolute atomic E-state index is 0.0616. The summed E-state index contributed by atoms with van der Waals surface area (Å²) in [6, 6.07) is 11.1. The summed E-state index contributed by atoms with van der Waals surface area (Å²) in [5.74, 6) is 0.135. The van der Waals surface area contributed by atoms with E-state index in [9.17, 15) is 14.4 Å². The van der Waals surface area contributed by atoms with Crippen LogP contribution in [0.2, 0.25) is 0 Å². The van der Waals surface area contributed by atoms with Gasteiger partial charge in [-0.1, -0.05) is 0 Å². The molecule has 0 bridgehead atoms. The Morgan fingerprint density at radius 1 is 0.852 bits per heavy atom. The highest BCUT2D eigenvalue weighted by Crippen LogP contribution is 2.25. The van der Waals surface area contributed by atoms with Crippen LogP contribution in [-0.4, -0.2) is 45.0 Å². The zero-order valence-electron chi connectivity index (χ0n) is 15.3. The second kappa shape index (κ2) is 9.38. The van der Waals surface area contributed by atoms with Crippen molar-refractivity contribution < 1.29 is 33.3 Å². The zero-order valence-corrected chi connectivity index (χ0v) is 15.3. The van der Waals surface area contributed by atoms with Crippen LogP contribution in [0.1, 0.15) is 27.6 Å². The summed E-state index contributed by atoms with van der Waals surface area (Å²) < 4.78 is 20.5. The fraction of sp³-hybridized carbons (Fsp3) is 0.250. The SMILES string of the molecule is COc1ccc(C(=O)COC(=O)COc2ccc(C(C)=O)cc2)c(OC)c1. The number of hydrogen-bond acceptors (Lipinski definition) is 7. The minimum atomic E-state index is -0.688. The lowest BCUT2D eigenvalue weighted by Crippen LogP contribution is -2.19. The number of rotatable bonds is 9. The molecule has 0 aromatic heterocycles. The first-order chi connectivity index (χ1) is 12.9. The number of ketones is 2. The van der Waals surface area contributed by atoms with Gasteiger partial charge in [0.15, 0.2) is 19.0 Å². The van der Waals surface area contributed by atoms with Crippen molar-refractivity contribution in [3.8, 4) is 17.2 Å². The molecule has 0 N–H and O–H groups in total. The van der Waals surface area contributed by atoms with Crippen LogP contribution >= 0.6 is 0 Å². The van der Waals surface area contributed by atoms with Crippen molar-refractivity contribution in [2.45, 2.75) is 6.92 Å². The third-order valence-corrected chi connectivity index (χ3v) is 3.69. The topological polar surface area (TPSA) is 88.1 Å². The van der Waals surface area contributed by atoms with E-state index in [-0.39, 0.29) is 18.0 Å². The van der Waals surface area contributed by atoms with Crippen molar-refractivity contribution in [3.05, 3.63) is 53.6 Å². The third kappa shape index (κ3) is 5.57. The predicted octanol–water partition coefficient (Wildman–Crippen LogP) is 2.71. The lowest BCUT2D eigenvalue weighted by molar-refractivity contribution is -0.144. The Hall–Kier alpha value is -3.35. The highest BCUT2D eigenvalue weighted by molar-refractivity contribution is 6.00. The zero-order chi connectivity index (χ0) is 19.8. The molecule has 142 valence electrons. The molecule has 0 saturated carbocycles. The third-order valence-electron chi connectivity index (χ3n) is 3.69. The van der Waals surface area contributed by atoms with Crippen LogP contribution in [0.5, 0.6) is 17.2 Å². The molecule has 0 saturated heterocycles. The fourth-order valence-electron chi connectivity index (χ4n) is 2.22. The van der Waals surface area contributed by atoms with Crippen LogP contribution in [0.3, 0.4) is 0 Å². The Balaban J connectivity index is 1.86. The molecule has 0 atom stereocenters. The molecule has 0 radical (unpaired) electrons. The molecule has 0 aliphatic rings. The summed E-state index contributed by atoms with van der Waals surface area (Å²) >= 11 is 0. The summed E-state index contributed by atoms with van der Waals surface area (Å²) in [6.45, 7) is 0.669. The number of carbonyl (C=O) groups is 3. The number of esters is 1. The predicted molar refractivity (Wildman–Crippen MR) is 96.8 cm³/mol. The van der Waals surface area contributed by atoms with Gasteiger partial charge >= 0.3 is 5.97 Å². The highest BCUT2D eigenvalue weighted by atomic mass is 16.6. The van der Waals surface area contributed by atoms with Crippen LogP contribution < -0.4 is 14.2 Å². The van der Waals surface area contributed by atoms with E-state index in [1.165, 1.54) is 21.1 Å². The number of hydrogen-bond donors (Lipinski definition) is 0. The summed E-state index contributed by atoms with van der Waals surface area (Å²) in [5, 5.41) is 0. The van der Waals surface area contributed by atoms with Crippen LogP contribution in [0.4, 0.5) is 0 Å². The number of benzene rings is 2. The monoisotopic (exact) mass is 372 g/mol. The van der Waals surface area contributed by atoms with Crippen molar-refractivity contribution in [1.82, 2.24) is 0 Å². The van der Waals surface area contributed by atoms with Gasteiger partial charge in [0.05, 0.1) is 19.8 Å². The molecule has 0 spiro atoms. The van der Waals surface area contributed by atoms with E-state index in [0.29, 0.717) is 22.8 Å². The summed E-state index contributed by atoms with van der Waals surface area (Å²) in [4.78, 5) is 35.2. The van der Waals surface area contributed by atoms with Gasteiger partial charge in [0.25, 0.3) is 0 Å². The van der Waals surface area contributed by atoms with Gasteiger partial charge in [-0.05, 0) is 43.3 Å². The Bertz CT molecular complexity index is 825. The Morgan fingerprint density at radius 2 is 1.52 bits per heavy atom. The van der Waals surface area contributed by atoms with Crippen LogP contribution in [0.25, 0.3) is 0 Å². The van der Waals surface area contributed by atoms with E-state index in [4.69, 9.17) is 18.9 Å². The Kier molecular flexibility index (Phi) is 6.93. The average Bonchev–Trinajstić information content (AvgIpc) is 2.70. The van der Waals surface area contributed by atoms with Crippen molar-refractivity contribution in [2.24, 2.45) is 0 Å². The fourth-order valence-corrected chi connectivity index (χ4v) is 2.22. The van der Waals surface area contributed by atoms with E-state index < -0.39 is 18.4 Å². The van der Waals surface area contributed by atoms with Gasteiger partial charge in [-0.2, -0.15) is 0 Å². The number of Topliss-reactive ketones (excluding diaryl/α,β-unsaturated/α-hetero) is 2. The molecule has 2 aromatic rings. The molecule has 0 heterocycles. The average molecular weight is 372 g/mol. The van der Waals surface area contributed by atoms with E-state index in [2.05, 4.69) is 0 Å². The Morgan fingerprint density at radius 3 is 2.11 bits per heavy atom. The molecule has 0 amide bonds. The quantitative estimate of drug-likeness (QED) is 0.494. The molecule has 7 heteroatoms. The largest absolute Gasteiger partial charge is 0.497 e. The molecule has 0 aliphatic heterocycles. The van der Waals surface area contributed by atoms with Crippen molar-refractivity contribution in [3.63, 3.8) is 0 Å². The highest BCUT2D eigenvalue weighted by Gasteiger charge is 2.16. The maximum atomic E-state index is 12.2.